The Morgan fingerprint density at radius 1 is 1.04 bits per heavy atom. The van der Waals surface area contributed by atoms with Gasteiger partial charge in [-0.15, -0.1) is 0 Å². The van der Waals surface area contributed by atoms with Crippen molar-refractivity contribution in [3.8, 4) is 5.75 Å². The molecule has 1 amide bonds. The van der Waals surface area contributed by atoms with Crippen molar-refractivity contribution >= 4 is 11.6 Å². The van der Waals surface area contributed by atoms with E-state index in [-0.39, 0.29) is 12.5 Å². The van der Waals surface area contributed by atoms with Crippen molar-refractivity contribution in [3.05, 3.63) is 59.2 Å². The molecule has 25 heavy (non-hydrogen) atoms. The van der Waals surface area contributed by atoms with Gasteiger partial charge < -0.3 is 15.0 Å². The lowest BCUT2D eigenvalue weighted by atomic mass is 10.00. The summed E-state index contributed by atoms with van der Waals surface area (Å²) in [6.45, 7) is 2.89. The Balaban J connectivity index is 1.53. The number of fused-ring (bicyclic) bond motifs is 2. The number of anilines is 1. The first-order valence-corrected chi connectivity index (χ1v) is 9.15. The van der Waals surface area contributed by atoms with Crippen LogP contribution in [-0.2, 0) is 24.1 Å². The Morgan fingerprint density at radius 2 is 1.80 bits per heavy atom. The van der Waals surface area contributed by atoms with Crippen LogP contribution in [0.25, 0.3) is 0 Å². The third-order valence-corrected chi connectivity index (χ3v) is 5.06. The molecule has 0 aromatic heterocycles. The first-order valence-electron chi connectivity index (χ1n) is 9.15. The van der Waals surface area contributed by atoms with Crippen LogP contribution in [0.2, 0.25) is 0 Å². The molecule has 4 nitrogen and oxygen atoms in total. The number of benzene rings is 2. The number of nitrogens with one attached hydrogen (secondary N) is 1. The molecule has 2 aliphatic heterocycles. The van der Waals surface area contributed by atoms with Gasteiger partial charge in [0.25, 0.3) is 5.91 Å². The SMILES string of the molecule is O=C1COc2cc3c(cc2N1CCCc1ccccc1)CCNCC3. The van der Waals surface area contributed by atoms with Gasteiger partial charge in [-0.3, -0.25) is 4.79 Å². The first kappa shape index (κ1) is 16.2. The molecule has 2 aromatic rings. The van der Waals surface area contributed by atoms with Crippen LogP contribution in [0.3, 0.4) is 0 Å². The molecule has 0 saturated heterocycles. The third kappa shape index (κ3) is 3.54. The molecule has 0 spiro atoms. The zero-order valence-electron chi connectivity index (χ0n) is 14.5. The van der Waals surface area contributed by atoms with Gasteiger partial charge in [0, 0.05) is 6.54 Å². The third-order valence-electron chi connectivity index (χ3n) is 5.06. The minimum atomic E-state index is 0.0623. The normalized spacial score (nSPS) is 16.6. The predicted octanol–water partition coefficient (Wildman–Crippen LogP) is 2.73. The van der Waals surface area contributed by atoms with Crippen molar-refractivity contribution in [3.63, 3.8) is 0 Å². The van der Waals surface area contributed by atoms with Crippen LogP contribution in [-0.4, -0.2) is 32.1 Å². The van der Waals surface area contributed by atoms with Gasteiger partial charge in [-0.1, -0.05) is 30.3 Å². The summed E-state index contributed by atoms with van der Waals surface area (Å²) in [4.78, 5) is 14.3. The maximum Gasteiger partial charge on any atom is 0.265 e. The van der Waals surface area contributed by atoms with E-state index in [1.54, 1.807) is 0 Å². The molecule has 0 radical (unpaired) electrons. The van der Waals surface area contributed by atoms with Crippen LogP contribution in [0.5, 0.6) is 5.75 Å². The number of carbonyl (C=O) groups excluding carboxylic acids is 1. The molecule has 0 fully saturated rings. The quantitative estimate of drug-likeness (QED) is 0.933. The van der Waals surface area contributed by atoms with E-state index in [0.717, 1.165) is 56.8 Å². The molecular weight excluding hydrogens is 312 g/mol. The molecule has 0 unspecified atom stereocenters. The fourth-order valence-corrected chi connectivity index (χ4v) is 3.70. The van der Waals surface area contributed by atoms with E-state index in [1.807, 2.05) is 11.0 Å². The summed E-state index contributed by atoms with van der Waals surface area (Å²) < 4.78 is 5.73. The predicted molar refractivity (Wildman–Crippen MR) is 99.3 cm³/mol. The largest absolute Gasteiger partial charge is 0.482 e. The van der Waals surface area contributed by atoms with Gasteiger partial charge in [0.2, 0.25) is 0 Å². The average Bonchev–Trinajstić information content (AvgIpc) is 2.88. The maximum atomic E-state index is 12.4. The maximum absolute atomic E-state index is 12.4. The second-order valence-corrected chi connectivity index (χ2v) is 6.76. The molecule has 4 rings (SSSR count). The number of nitrogens with zero attached hydrogens (tertiary/aromatic N) is 1. The smallest absolute Gasteiger partial charge is 0.265 e. The molecule has 0 aliphatic carbocycles. The summed E-state index contributed by atoms with van der Waals surface area (Å²) in [5.74, 6) is 0.923. The van der Waals surface area contributed by atoms with Crippen molar-refractivity contribution in [1.82, 2.24) is 5.32 Å². The van der Waals surface area contributed by atoms with E-state index in [1.165, 1.54) is 16.7 Å². The van der Waals surface area contributed by atoms with Crippen LogP contribution < -0.4 is 15.0 Å². The summed E-state index contributed by atoms with van der Waals surface area (Å²) >= 11 is 0. The second kappa shape index (κ2) is 7.28. The van der Waals surface area contributed by atoms with Crippen LogP contribution in [0, 0.1) is 0 Å². The molecule has 4 heteroatoms. The van der Waals surface area contributed by atoms with E-state index in [0.29, 0.717) is 0 Å². The van der Waals surface area contributed by atoms with E-state index in [4.69, 9.17) is 4.74 Å². The minimum Gasteiger partial charge on any atom is -0.482 e. The summed E-state index contributed by atoms with van der Waals surface area (Å²) in [6, 6.07) is 14.8. The number of ether oxygens (including phenoxy) is 1. The summed E-state index contributed by atoms with van der Waals surface area (Å²) in [5, 5.41) is 3.44. The van der Waals surface area contributed by atoms with Crippen molar-refractivity contribution in [1.29, 1.82) is 0 Å². The lowest BCUT2D eigenvalue weighted by molar-refractivity contribution is -0.121. The van der Waals surface area contributed by atoms with Gasteiger partial charge >= 0.3 is 0 Å². The van der Waals surface area contributed by atoms with Gasteiger partial charge in [0.05, 0.1) is 5.69 Å². The molecule has 1 N–H and O–H groups in total. The lowest BCUT2D eigenvalue weighted by Gasteiger charge is -2.30. The van der Waals surface area contributed by atoms with Crippen LogP contribution in [0.1, 0.15) is 23.1 Å². The monoisotopic (exact) mass is 336 g/mol. The highest BCUT2D eigenvalue weighted by molar-refractivity contribution is 5.98. The molecule has 2 heterocycles. The van der Waals surface area contributed by atoms with E-state index < -0.39 is 0 Å². The zero-order chi connectivity index (χ0) is 17.1. The number of aryl methyl sites for hydroxylation is 1. The number of hydrogen-bond acceptors (Lipinski definition) is 3. The highest BCUT2D eigenvalue weighted by atomic mass is 16.5. The number of amides is 1. The standard InChI is InChI=1S/C21H24N2O2/c24-21-15-25-20-14-18-9-11-22-10-8-17(18)13-19(20)23(21)12-4-7-16-5-2-1-3-6-16/h1-3,5-6,13-14,22H,4,7-12,15H2. The van der Waals surface area contributed by atoms with Gasteiger partial charge in [-0.2, -0.15) is 0 Å². The van der Waals surface area contributed by atoms with E-state index in [9.17, 15) is 4.79 Å². The molecule has 0 atom stereocenters. The molecular formula is C21H24N2O2. The summed E-state index contributed by atoms with van der Waals surface area (Å²) in [7, 11) is 0. The highest BCUT2D eigenvalue weighted by Crippen LogP contribution is 2.36. The molecule has 2 aliphatic rings. The van der Waals surface area contributed by atoms with Crippen molar-refractivity contribution in [2.45, 2.75) is 25.7 Å². The highest BCUT2D eigenvalue weighted by Gasteiger charge is 2.26. The molecule has 2 aromatic carbocycles. The zero-order valence-corrected chi connectivity index (χ0v) is 14.5. The number of rotatable bonds is 4. The average molecular weight is 336 g/mol. The molecule has 130 valence electrons. The van der Waals surface area contributed by atoms with E-state index >= 15 is 0 Å². The fraction of sp³-hybridized carbons (Fsp3) is 0.381. The Bertz CT molecular complexity index is 758. The second-order valence-electron chi connectivity index (χ2n) is 6.76. The van der Waals surface area contributed by atoms with Gasteiger partial charge in [0.15, 0.2) is 6.61 Å². The van der Waals surface area contributed by atoms with Crippen LogP contribution in [0.4, 0.5) is 5.69 Å². The van der Waals surface area contributed by atoms with Gasteiger partial charge in [-0.25, -0.2) is 0 Å². The van der Waals surface area contributed by atoms with Crippen LogP contribution >= 0.6 is 0 Å². The summed E-state index contributed by atoms with van der Waals surface area (Å²) in [6.07, 6.45) is 3.96. The Hall–Kier alpha value is -2.33. The fourth-order valence-electron chi connectivity index (χ4n) is 3.70. The lowest BCUT2D eigenvalue weighted by Crippen LogP contribution is -2.39. The van der Waals surface area contributed by atoms with E-state index in [2.05, 4.69) is 41.7 Å². The number of carbonyl (C=O) groups is 1. The molecule has 0 saturated carbocycles. The Kier molecular flexibility index (Phi) is 4.70. The topological polar surface area (TPSA) is 41.6 Å². The van der Waals surface area contributed by atoms with Crippen molar-refractivity contribution in [2.24, 2.45) is 0 Å². The Morgan fingerprint density at radius 3 is 2.60 bits per heavy atom. The number of hydrogen-bond donors (Lipinski definition) is 1. The molecule has 0 bridgehead atoms. The minimum absolute atomic E-state index is 0.0623. The van der Waals surface area contributed by atoms with Crippen LogP contribution in [0.15, 0.2) is 42.5 Å². The van der Waals surface area contributed by atoms with Gasteiger partial charge in [-0.05, 0) is 67.6 Å². The van der Waals surface area contributed by atoms with Crippen molar-refractivity contribution in [2.75, 3.05) is 31.1 Å². The summed E-state index contributed by atoms with van der Waals surface area (Å²) in [5.41, 5.74) is 4.96. The Labute approximate surface area is 148 Å². The van der Waals surface area contributed by atoms with Crippen molar-refractivity contribution < 1.29 is 9.53 Å². The van der Waals surface area contributed by atoms with Gasteiger partial charge in [0.1, 0.15) is 5.75 Å². The first-order chi connectivity index (χ1) is 12.3.